The Kier molecular flexibility index (Phi) is 7.18. The number of hydrogen-bond donors (Lipinski definition) is 0. The monoisotopic (exact) mass is 345 g/mol. The Hall–Kier alpha value is -0.920. The first kappa shape index (κ1) is 16.5. The lowest BCUT2D eigenvalue weighted by atomic mass is 10.2. The number of pyridine rings is 1. The molecule has 0 N–H and O–H groups in total. The Morgan fingerprint density at radius 2 is 1.76 bits per heavy atom. The fraction of sp³-hybridized carbons (Fsp3) is 0.214. The summed E-state index contributed by atoms with van der Waals surface area (Å²) in [4.78, 5) is 4.25. The van der Waals surface area contributed by atoms with Gasteiger partial charge >= 0.3 is 6.61 Å². The first-order chi connectivity index (χ1) is 10.2. The summed E-state index contributed by atoms with van der Waals surface area (Å²) in [5.41, 5.74) is 2.14. The number of halogens is 2. The van der Waals surface area contributed by atoms with E-state index in [0.29, 0.717) is 0 Å². The number of rotatable bonds is 8. The highest BCUT2D eigenvalue weighted by Gasteiger charge is 2.03. The van der Waals surface area contributed by atoms with Crippen LogP contribution in [0.2, 0.25) is 0 Å². The minimum atomic E-state index is -2.77. The van der Waals surface area contributed by atoms with Crippen LogP contribution in [0.25, 0.3) is 0 Å². The molecule has 0 aliphatic carbocycles. The molecule has 1 heterocycles. The zero-order chi connectivity index (χ0) is 14.9. The van der Waals surface area contributed by atoms with Crippen LogP contribution >= 0.6 is 31.4 Å². The summed E-state index contributed by atoms with van der Waals surface area (Å²) in [5.74, 6) is 1.87. The van der Waals surface area contributed by atoms with E-state index in [1.54, 1.807) is 61.9 Å². The van der Waals surface area contributed by atoms with Gasteiger partial charge in [-0.1, -0.05) is 39.8 Å². The Morgan fingerprint density at radius 3 is 2.43 bits per heavy atom. The largest absolute Gasteiger partial charge is 0.435 e. The topological polar surface area (TPSA) is 22.1 Å². The van der Waals surface area contributed by atoms with E-state index in [4.69, 9.17) is 0 Å². The summed E-state index contributed by atoms with van der Waals surface area (Å²) < 4.78 is 28.3. The van der Waals surface area contributed by atoms with Gasteiger partial charge in [-0.3, -0.25) is 4.98 Å². The second kappa shape index (κ2) is 9.17. The maximum absolute atomic E-state index is 12.0. The second-order valence-corrected chi connectivity index (χ2v) is 8.17. The molecular formula is C14H13F2NOS3. The van der Waals surface area contributed by atoms with Gasteiger partial charge in [0, 0.05) is 17.7 Å². The van der Waals surface area contributed by atoms with Crippen LogP contribution in [0, 0.1) is 0 Å². The molecule has 7 heteroatoms. The smallest absolute Gasteiger partial charge is 0.387 e. The van der Waals surface area contributed by atoms with Crippen LogP contribution < -0.4 is 4.74 Å². The molecule has 0 aliphatic heterocycles. The van der Waals surface area contributed by atoms with E-state index in [1.807, 2.05) is 18.2 Å². The van der Waals surface area contributed by atoms with E-state index < -0.39 is 6.61 Å². The number of nitrogens with zero attached hydrogens (tertiary/aromatic N) is 1. The van der Waals surface area contributed by atoms with Crippen molar-refractivity contribution in [2.45, 2.75) is 18.1 Å². The summed E-state index contributed by atoms with van der Waals surface area (Å²) in [7, 11) is 5.14. The third kappa shape index (κ3) is 6.58. The molecule has 1 aromatic carbocycles. The fourth-order valence-corrected chi connectivity index (χ4v) is 4.99. The van der Waals surface area contributed by atoms with Gasteiger partial charge in [-0.05, 0) is 39.7 Å². The zero-order valence-electron chi connectivity index (χ0n) is 10.9. The quantitative estimate of drug-likeness (QED) is 0.470. The molecule has 2 aromatic rings. The van der Waals surface area contributed by atoms with Crippen molar-refractivity contribution in [2.24, 2.45) is 0 Å². The normalized spacial score (nSPS) is 10.8. The van der Waals surface area contributed by atoms with Gasteiger partial charge < -0.3 is 4.74 Å². The molecule has 0 bridgehead atoms. The highest BCUT2D eigenvalue weighted by Crippen LogP contribution is 2.38. The number of aromatic nitrogens is 1. The van der Waals surface area contributed by atoms with Gasteiger partial charge in [0.25, 0.3) is 0 Å². The van der Waals surface area contributed by atoms with Crippen molar-refractivity contribution < 1.29 is 13.5 Å². The van der Waals surface area contributed by atoms with Crippen molar-refractivity contribution in [3.8, 4) is 5.75 Å². The second-order valence-electron chi connectivity index (χ2n) is 3.94. The molecule has 0 saturated carbocycles. The zero-order valence-corrected chi connectivity index (χ0v) is 13.4. The van der Waals surface area contributed by atoms with Crippen LogP contribution in [0.3, 0.4) is 0 Å². The maximum atomic E-state index is 12.0. The molecule has 112 valence electrons. The Morgan fingerprint density at radius 1 is 1.00 bits per heavy atom. The first-order valence-corrected chi connectivity index (χ1v) is 9.91. The molecule has 0 aliphatic rings. The van der Waals surface area contributed by atoms with E-state index >= 15 is 0 Å². The van der Waals surface area contributed by atoms with Crippen molar-refractivity contribution in [3.63, 3.8) is 0 Å². The van der Waals surface area contributed by atoms with Crippen LogP contribution in [0.4, 0.5) is 8.78 Å². The van der Waals surface area contributed by atoms with Crippen molar-refractivity contribution in [1.29, 1.82) is 0 Å². The average Bonchev–Trinajstić information content (AvgIpc) is 2.49. The van der Waals surface area contributed by atoms with E-state index in [2.05, 4.69) is 9.72 Å². The predicted molar refractivity (Wildman–Crippen MR) is 87.5 cm³/mol. The van der Waals surface area contributed by atoms with E-state index in [0.717, 1.165) is 22.8 Å². The lowest BCUT2D eigenvalue weighted by Gasteiger charge is -2.05. The van der Waals surface area contributed by atoms with Gasteiger partial charge in [-0.15, -0.1) is 0 Å². The Labute approximate surface area is 133 Å². The summed E-state index contributed by atoms with van der Waals surface area (Å²) in [6, 6.07) is 12.6. The van der Waals surface area contributed by atoms with E-state index in [1.165, 1.54) is 0 Å². The maximum Gasteiger partial charge on any atom is 0.387 e. The highest BCUT2D eigenvalue weighted by molar-refractivity contribution is 9.09. The third-order valence-corrected chi connectivity index (χ3v) is 6.48. The Bertz CT molecular complexity index is 526. The van der Waals surface area contributed by atoms with E-state index in [-0.39, 0.29) is 5.75 Å². The third-order valence-electron chi connectivity index (χ3n) is 2.40. The molecule has 0 fully saturated rings. The van der Waals surface area contributed by atoms with Crippen molar-refractivity contribution in [3.05, 3.63) is 59.9 Å². The molecule has 0 spiro atoms. The van der Waals surface area contributed by atoms with Gasteiger partial charge in [0.15, 0.2) is 0 Å². The van der Waals surface area contributed by atoms with Gasteiger partial charge in [0.2, 0.25) is 0 Å². The molecule has 2 nitrogen and oxygen atoms in total. The van der Waals surface area contributed by atoms with Gasteiger partial charge in [-0.2, -0.15) is 8.78 Å². The van der Waals surface area contributed by atoms with Crippen LogP contribution in [0.5, 0.6) is 5.75 Å². The van der Waals surface area contributed by atoms with Crippen LogP contribution in [-0.4, -0.2) is 11.6 Å². The molecule has 21 heavy (non-hydrogen) atoms. The summed E-state index contributed by atoms with van der Waals surface area (Å²) >= 11 is 0. The highest BCUT2D eigenvalue weighted by atomic mass is 33.5. The SMILES string of the molecule is FC(F)Oc1ccc(CSSSCc2ccccn2)cc1. The minimum Gasteiger partial charge on any atom is -0.435 e. The molecule has 1 aromatic heterocycles. The van der Waals surface area contributed by atoms with Gasteiger partial charge in [0.05, 0.1) is 5.69 Å². The summed E-state index contributed by atoms with van der Waals surface area (Å²) in [6.07, 6.45) is 1.79. The molecular weight excluding hydrogens is 332 g/mol. The first-order valence-electron chi connectivity index (χ1n) is 6.09. The average molecular weight is 345 g/mol. The molecule has 0 saturated heterocycles. The standard InChI is InChI=1S/C14H13F2NOS3/c15-14(16)18-13-6-4-11(5-7-13)9-19-21-20-10-12-3-1-2-8-17-12/h1-8,14H,9-10H2. The minimum absolute atomic E-state index is 0.191. The van der Waals surface area contributed by atoms with Crippen LogP contribution in [0.1, 0.15) is 11.3 Å². The lowest BCUT2D eigenvalue weighted by molar-refractivity contribution is -0.0498. The molecule has 0 atom stereocenters. The number of benzene rings is 1. The fourth-order valence-electron chi connectivity index (χ4n) is 1.46. The molecule has 0 radical (unpaired) electrons. The van der Waals surface area contributed by atoms with Crippen LogP contribution in [0.15, 0.2) is 48.7 Å². The number of hydrogen-bond acceptors (Lipinski definition) is 5. The van der Waals surface area contributed by atoms with Crippen LogP contribution in [-0.2, 0) is 11.5 Å². The molecule has 2 rings (SSSR count). The van der Waals surface area contributed by atoms with E-state index in [9.17, 15) is 8.78 Å². The summed E-state index contributed by atoms with van der Waals surface area (Å²) in [5, 5.41) is 0. The van der Waals surface area contributed by atoms with Crippen molar-refractivity contribution in [1.82, 2.24) is 4.98 Å². The number of alkyl halides is 2. The van der Waals surface area contributed by atoms with Crippen molar-refractivity contribution >= 4 is 31.4 Å². The molecule has 0 amide bonds. The Balaban J connectivity index is 1.64. The van der Waals surface area contributed by atoms with Crippen molar-refractivity contribution in [2.75, 3.05) is 0 Å². The number of ether oxygens (including phenoxy) is 1. The van der Waals surface area contributed by atoms with Gasteiger partial charge in [-0.25, -0.2) is 0 Å². The lowest BCUT2D eigenvalue weighted by Crippen LogP contribution is -2.01. The summed E-state index contributed by atoms with van der Waals surface area (Å²) in [6.45, 7) is -2.77. The van der Waals surface area contributed by atoms with Gasteiger partial charge in [0.1, 0.15) is 5.75 Å². The molecule has 0 unspecified atom stereocenters. The predicted octanol–water partition coefficient (Wildman–Crippen LogP) is 5.41.